The summed E-state index contributed by atoms with van der Waals surface area (Å²) in [5.41, 5.74) is 1.22. The Morgan fingerprint density at radius 1 is 1.29 bits per heavy atom. The van der Waals surface area contributed by atoms with Gasteiger partial charge in [-0.1, -0.05) is 23.4 Å². The maximum absolute atomic E-state index is 13.1. The van der Waals surface area contributed by atoms with Gasteiger partial charge in [-0.2, -0.15) is 0 Å². The summed E-state index contributed by atoms with van der Waals surface area (Å²) in [4.78, 5) is 16.3. The molecule has 3 rings (SSSR count). The molecule has 10 heteroatoms. The van der Waals surface area contributed by atoms with Crippen LogP contribution < -0.4 is 5.32 Å². The van der Waals surface area contributed by atoms with Crippen molar-refractivity contribution < 1.29 is 13.9 Å². The molecular formula is C18H17ClFN5O2S. The van der Waals surface area contributed by atoms with E-state index in [-0.39, 0.29) is 16.7 Å². The van der Waals surface area contributed by atoms with Crippen LogP contribution in [-0.4, -0.2) is 45.1 Å². The van der Waals surface area contributed by atoms with E-state index in [1.807, 2.05) is 16.7 Å². The number of nitrogens with one attached hydrogen (secondary N) is 1. The molecule has 0 aliphatic carbocycles. The molecule has 3 aromatic rings. The molecule has 1 aromatic carbocycles. The van der Waals surface area contributed by atoms with Crippen molar-refractivity contribution in [3.63, 3.8) is 0 Å². The Hall–Kier alpha value is -2.49. The van der Waals surface area contributed by atoms with E-state index in [1.54, 1.807) is 19.5 Å². The van der Waals surface area contributed by atoms with Crippen LogP contribution in [-0.2, 0) is 16.1 Å². The maximum atomic E-state index is 13.1. The van der Waals surface area contributed by atoms with Crippen molar-refractivity contribution in [2.24, 2.45) is 0 Å². The van der Waals surface area contributed by atoms with Gasteiger partial charge in [-0.05, 0) is 30.3 Å². The highest BCUT2D eigenvalue weighted by molar-refractivity contribution is 7.99. The Morgan fingerprint density at radius 2 is 2.07 bits per heavy atom. The van der Waals surface area contributed by atoms with Gasteiger partial charge >= 0.3 is 0 Å². The molecule has 2 aromatic heterocycles. The van der Waals surface area contributed by atoms with Crippen molar-refractivity contribution in [2.75, 3.05) is 24.8 Å². The molecule has 28 heavy (non-hydrogen) atoms. The lowest BCUT2D eigenvalue weighted by atomic mass is 10.2. The second-order valence-corrected chi connectivity index (χ2v) is 7.00. The van der Waals surface area contributed by atoms with Crippen molar-refractivity contribution in [3.05, 3.63) is 53.6 Å². The lowest BCUT2D eigenvalue weighted by molar-refractivity contribution is -0.113. The van der Waals surface area contributed by atoms with Crippen LogP contribution in [0, 0.1) is 5.82 Å². The molecule has 0 aliphatic rings. The Kier molecular flexibility index (Phi) is 6.96. The highest BCUT2D eigenvalue weighted by Crippen LogP contribution is 2.25. The number of hydrogen-bond donors (Lipinski definition) is 1. The smallest absolute Gasteiger partial charge is 0.234 e. The van der Waals surface area contributed by atoms with Crippen LogP contribution in [0.25, 0.3) is 11.4 Å². The summed E-state index contributed by atoms with van der Waals surface area (Å²) in [6.45, 7) is 1.01. The minimum Gasteiger partial charge on any atom is -0.383 e. The van der Waals surface area contributed by atoms with Gasteiger partial charge in [0.25, 0.3) is 0 Å². The van der Waals surface area contributed by atoms with E-state index in [0.717, 1.165) is 11.6 Å². The number of aromatic nitrogens is 4. The van der Waals surface area contributed by atoms with Crippen LogP contribution in [0.3, 0.4) is 0 Å². The summed E-state index contributed by atoms with van der Waals surface area (Å²) >= 11 is 7.18. The fourth-order valence-corrected chi connectivity index (χ4v) is 3.38. The van der Waals surface area contributed by atoms with E-state index in [4.69, 9.17) is 16.3 Å². The van der Waals surface area contributed by atoms with Gasteiger partial charge in [0.1, 0.15) is 5.82 Å². The van der Waals surface area contributed by atoms with E-state index in [1.165, 1.54) is 23.9 Å². The first-order chi connectivity index (χ1) is 13.6. The zero-order chi connectivity index (χ0) is 19.9. The molecule has 146 valence electrons. The highest BCUT2D eigenvalue weighted by Gasteiger charge is 2.16. The van der Waals surface area contributed by atoms with Gasteiger partial charge < -0.3 is 10.1 Å². The average molecular weight is 422 g/mol. The van der Waals surface area contributed by atoms with E-state index < -0.39 is 5.82 Å². The maximum Gasteiger partial charge on any atom is 0.234 e. The van der Waals surface area contributed by atoms with Crippen LogP contribution in [0.2, 0.25) is 5.02 Å². The van der Waals surface area contributed by atoms with Gasteiger partial charge in [0, 0.05) is 25.1 Å². The summed E-state index contributed by atoms with van der Waals surface area (Å²) in [5, 5.41) is 11.8. The van der Waals surface area contributed by atoms with Crippen LogP contribution in [0.15, 0.2) is 47.9 Å². The number of rotatable bonds is 8. The van der Waals surface area contributed by atoms with Crippen molar-refractivity contribution in [1.82, 2.24) is 19.7 Å². The number of ether oxygens (including phenoxy) is 1. The van der Waals surface area contributed by atoms with Crippen molar-refractivity contribution in [2.45, 2.75) is 11.7 Å². The number of nitrogens with zero attached hydrogens (tertiary/aromatic N) is 4. The third kappa shape index (κ3) is 5.06. The van der Waals surface area contributed by atoms with E-state index in [0.29, 0.717) is 29.8 Å². The number of hydrogen-bond acceptors (Lipinski definition) is 6. The summed E-state index contributed by atoms with van der Waals surface area (Å²) in [7, 11) is 1.61. The number of pyridine rings is 1. The van der Waals surface area contributed by atoms with E-state index >= 15 is 0 Å². The number of anilines is 1. The molecule has 7 nitrogen and oxygen atoms in total. The summed E-state index contributed by atoms with van der Waals surface area (Å²) < 4.78 is 20.2. The fraction of sp³-hybridized carbons (Fsp3) is 0.222. The summed E-state index contributed by atoms with van der Waals surface area (Å²) in [6.07, 6.45) is 3.36. The number of carbonyl (C=O) groups excluding carboxylic acids is 1. The fourth-order valence-electron chi connectivity index (χ4n) is 2.40. The van der Waals surface area contributed by atoms with Gasteiger partial charge in [0.2, 0.25) is 5.91 Å². The Bertz CT molecular complexity index is 954. The topological polar surface area (TPSA) is 81.9 Å². The Morgan fingerprint density at radius 3 is 2.79 bits per heavy atom. The summed E-state index contributed by atoms with van der Waals surface area (Å²) in [6, 6.07) is 7.47. The molecule has 1 amide bonds. The number of amides is 1. The zero-order valence-electron chi connectivity index (χ0n) is 14.9. The lowest BCUT2D eigenvalue weighted by Gasteiger charge is -2.10. The van der Waals surface area contributed by atoms with Crippen molar-refractivity contribution >= 4 is 35.0 Å². The van der Waals surface area contributed by atoms with Gasteiger partial charge in [0.05, 0.1) is 29.6 Å². The second-order valence-electron chi connectivity index (χ2n) is 5.65. The largest absolute Gasteiger partial charge is 0.383 e. The molecule has 0 aliphatic heterocycles. The molecule has 0 radical (unpaired) electrons. The van der Waals surface area contributed by atoms with E-state index in [2.05, 4.69) is 20.5 Å². The lowest BCUT2D eigenvalue weighted by Crippen LogP contribution is -2.15. The predicted molar refractivity (Wildman–Crippen MR) is 106 cm³/mol. The number of benzene rings is 1. The number of methoxy groups -OCH3 is 1. The van der Waals surface area contributed by atoms with Crippen molar-refractivity contribution in [3.8, 4) is 11.4 Å². The van der Waals surface area contributed by atoms with Gasteiger partial charge in [-0.25, -0.2) is 4.39 Å². The third-order valence-electron chi connectivity index (χ3n) is 3.71. The van der Waals surface area contributed by atoms with Crippen molar-refractivity contribution in [1.29, 1.82) is 0 Å². The molecule has 0 saturated carbocycles. The van der Waals surface area contributed by atoms with Gasteiger partial charge in [-0.15, -0.1) is 10.2 Å². The minimum absolute atomic E-state index is 0.0924. The quantitative estimate of drug-likeness (QED) is 0.560. The monoisotopic (exact) mass is 421 g/mol. The molecule has 0 unspecified atom stereocenters. The molecule has 0 atom stereocenters. The van der Waals surface area contributed by atoms with Crippen LogP contribution >= 0.6 is 23.4 Å². The molecular weight excluding hydrogens is 405 g/mol. The highest BCUT2D eigenvalue weighted by atomic mass is 35.5. The first-order valence-corrected chi connectivity index (χ1v) is 9.65. The Balaban J connectivity index is 1.71. The first-order valence-electron chi connectivity index (χ1n) is 8.28. The molecule has 0 saturated heterocycles. The van der Waals surface area contributed by atoms with E-state index in [9.17, 15) is 9.18 Å². The Labute approximate surface area is 170 Å². The normalized spacial score (nSPS) is 10.8. The van der Waals surface area contributed by atoms with Gasteiger partial charge in [0.15, 0.2) is 11.0 Å². The van der Waals surface area contributed by atoms with Crippen LogP contribution in [0.1, 0.15) is 0 Å². The first kappa shape index (κ1) is 20.2. The van der Waals surface area contributed by atoms with Gasteiger partial charge in [-0.3, -0.25) is 14.3 Å². The molecule has 2 heterocycles. The molecule has 0 bridgehead atoms. The number of carbonyl (C=O) groups is 1. The zero-order valence-corrected chi connectivity index (χ0v) is 16.5. The average Bonchev–Trinajstić information content (AvgIpc) is 3.10. The second kappa shape index (κ2) is 9.63. The SMILES string of the molecule is COCCn1c(SCC(=O)Nc2ccc(F)cc2Cl)nnc1-c1ccncc1. The third-order valence-corrected chi connectivity index (χ3v) is 4.99. The number of thioether (sulfide) groups is 1. The van der Waals surface area contributed by atoms with Crippen LogP contribution in [0.4, 0.5) is 10.1 Å². The standard InChI is InChI=1S/C18H17ClFN5O2S/c1-27-9-8-25-17(12-4-6-21-7-5-12)23-24-18(25)28-11-16(26)22-15-3-2-13(20)10-14(15)19/h2-7,10H,8-9,11H2,1H3,(H,22,26). The predicted octanol–water partition coefficient (Wildman–Crippen LogP) is 3.51. The molecule has 1 N–H and O–H groups in total. The minimum atomic E-state index is -0.465. The molecule has 0 fully saturated rings. The summed E-state index contributed by atoms with van der Waals surface area (Å²) in [5.74, 6) is 0.0104. The number of halogens is 2. The van der Waals surface area contributed by atoms with Crippen LogP contribution in [0.5, 0.6) is 0 Å². The molecule has 0 spiro atoms.